The first-order valence-corrected chi connectivity index (χ1v) is 5.88. The van der Waals surface area contributed by atoms with Gasteiger partial charge in [0.05, 0.1) is 11.9 Å². The first kappa shape index (κ1) is 10.6. The molecule has 1 aliphatic carbocycles. The van der Waals surface area contributed by atoms with E-state index in [1.165, 1.54) is 25.0 Å². The van der Waals surface area contributed by atoms with Gasteiger partial charge < -0.3 is 5.32 Å². The molecule has 1 aromatic rings. The van der Waals surface area contributed by atoms with Gasteiger partial charge in [0.1, 0.15) is 0 Å². The zero-order chi connectivity index (χ0) is 10.7. The van der Waals surface area contributed by atoms with Crippen LogP contribution in [0.15, 0.2) is 6.20 Å². The summed E-state index contributed by atoms with van der Waals surface area (Å²) in [6, 6.07) is 0. The van der Waals surface area contributed by atoms with Crippen LogP contribution in [0.2, 0.25) is 0 Å². The molecule has 4 nitrogen and oxygen atoms in total. The summed E-state index contributed by atoms with van der Waals surface area (Å²) < 4.78 is 1.93. The molecule has 2 atom stereocenters. The third-order valence-electron chi connectivity index (χ3n) is 3.44. The van der Waals surface area contributed by atoms with E-state index < -0.39 is 0 Å². The van der Waals surface area contributed by atoms with Crippen molar-refractivity contribution in [3.63, 3.8) is 0 Å². The molecule has 2 rings (SSSR count). The second kappa shape index (κ2) is 4.75. The molecule has 1 aromatic heterocycles. The Kier molecular flexibility index (Phi) is 3.36. The first-order valence-electron chi connectivity index (χ1n) is 5.88. The minimum absolute atomic E-state index is 0.657. The lowest BCUT2D eigenvalue weighted by Gasteiger charge is -2.19. The third kappa shape index (κ3) is 2.20. The van der Waals surface area contributed by atoms with Crippen molar-refractivity contribution in [1.29, 1.82) is 0 Å². The molecular weight excluding hydrogens is 188 g/mol. The van der Waals surface area contributed by atoms with Gasteiger partial charge in [-0.3, -0.25) is 4.68 Å². The molecule has 0 amide bonds. The fourth-order valence-corrected chi connectivity index (χ4v) is 2.63. The van der Waals surface area contributed by atoms with Gasteiger partial charge in [-0.05, 0) is 31.8 Å². The van der Waals surface area contributed by atoms with Crippen LogP contribution in [0, 0.1) is 5.92 Å². The Labute approximate surface area is 91.1 Å². The lowest BCUT2D eigenvalue weighted by atomic mass is 9.93. The number of aromatic nitrogens is 3. The molecule has 84 valence electrons. The summed E-state index contributed by atoms with van der Waals surface area (Å²) in [5, 5.41) is 11.4. The molecule has 15 heavy (non-hydrogen) atoms. The van der Waals surface area contributed by atoms with Crippen LogP contribution in [0.5, 0.6) is 0 Å². The van der Waals surface area contributed by atoms with Gasteiger partial charge in [-0.25, -0.2) is 0 Å². The fourth-order valence-electron chi connectivity index (χ4n) is 2.63. The monoisotopic (exact) mass is 208 g/mol. The summed E-state index contributed by atoms with van der Waals surface area (Å²) in [4.78, 5) is 0. The van der Waals surface area contributed by atoms with Gasteiger partial charge in [-0.2, -0.15) is 0 Å². The minimum atomic E-state index is 0.657. The Morgan fingerprint density at radius 2 is 2.40 bits per heavy atom. The molecule has 1 fully saturated rings. The van der Waals surface area contributed by atoms with E-state index in [-0.39, 0.29) is 0 Å². The van der Waals surface area contributed by atoms with Crippen molar-refractivity contribution in [2.45, 2.75) is 32.1 Å². The van der Waals surface area contributed by atoms with E-state index in [0.717, 1.165) is 19.0 Å². The maximum absolute atomic E-state index is 4.02. The molecule has 1 aliphatic rings. The standard InChI is InChI=1S/C11H20N4/c1-3-12-7-9-5-4-6-10(9)11-8-13-14-15(11)2/h8-10,12H,3-7H2,1-2H3. The summed E-state index contributed by atoms with van der Waals surface area (Å²) >= 11 is 0. The Hall–Kier alpha value is -0.900. The first-order chi connectivity index (χ1) is 7.33. The highest BCUT2D eigenvalue weighted by molar-refractivity contribution is 5.07. The zero-order valence-electron chi connectivity index (χ0n) is 9.61. The third-order valence-corrected chi connectivity index (χ3v) is 3.44. The molecule has 4 heteroatoms. The van der Waals surface area contributed by atoms with Gasteiger partial charge in [0, 0.05) is 13.0 Å². The van der Waals surface area contributed by atoms with Crippen LogP contribution in [0.1, 0.15) is 37.8 Å². The molecule has 0 spiro atoms. The largest absolute Gasteiger partial charge is 0.317 e. The van der Waals surface area contributed by atoms with Crippen LogP contribution in [0.25, 0.3) is 0 Å². The maximum Gasteiger partial charge on any atom is 0.0728 e. The predicted octanol–water partition coefficient (Wildman–Crippen LogP) is 1.31. The summed E-state index contributed by atoms with van der Waals surface area (Å²) in [5.74, 6) is 1.42. The van der Waals surface area contributed by atoms with Gasteiger partial charge in [0.2, 0.25) is 0 Å². The van der Waals surface area contributed by atoms with E-state index in [9.17, 15) is 0 Å². The van der Waals surface area contributed by atoms with Crippen LogP contribution in [-0.4, -0.2) is 28.1 Å². The van der Waals surface area contributed by atoms with Gasteiger partial charge in [-0.1, -0.05) is 18.6 Å². The number of hydrogen-bond donors (Lipinski definition) is 1. The van der Waals surface area contributed by atoms with Gasteiger partial charge in [0.25, 0.3) is 0 Å². The van der Waals surface area contributed by atoms with Crippen molar-refractivity contribution in [1.82, 2.24) is 20.3 Å². The molecule has 0 radical (unpaired) electrons. The summed E-state index contributed by atoms with van der Waals surface area (Å²) in [7, 11) is 1.99. The molecule has 1 heterocycles. The van der Waals surface area contributed by atoms with Crippen molar-refractivity contribution in [3.8, 4) is 0 Å². The minimum Gasteiger partial charge on any atom is -0.317 e. The second-order valence-corrected chi connectivity index (χ2v) is 4.39. The van der Waals surface area contributed by atoms with E-state index in [1.54, 1.807) is 0 Å². The number of hydrogen-bond acceptors (Lipinski definition) is 3. The Bertz CT molecular complexity index is 307. The Morgan fingerprint density at radius 3 is 3.07 bits per heavy atom. The van der Waals surface area contributed by atoms with Gasteiger partial charge >= 0.3 is 0 Å². The molecule has 1 N–H and O–H groups in total. The van der Waals surface area contributed by atoms with Crippen LogP contribution >= 0.6 is 0 Å². The summed E-state index contributed by atoms with van der Waals surface area (Å²) in [6.45, 7) is 4.36. The molecule has 0 bridgehead atoms. The Balaban J connectivity index is 2.04. The topological polar surface area (TPSA) is 42.7 Å². The summed E-state index contributed by atoms with van der Waals surface area (Å²) in [6.07, 6.45) is 5.89. The molecular formula is C11H20N4. The van der Waals surface area contributed by atoms with Crippen molar-refractivity contribution in [2.24, 2.45) is 13.0 Å². The second-order valence-electron chi connectivity index (χ2n) is 4.39. The predicted molar refractivity (Wildman–Crippen MR) is 59.6 cm³/mol. The molecule has 1 saturated carbocycles. The lowest BCUT2D eigenvalue weighted by Crippen LogP contribution is -2.25. The average molecular weight is 208 g/mol. The molecule has 0 aliphatic heterocycles. The van der Waals surface area contributed by atoms with Crippen molar-refractivity contribution in [3.05, 3.63) is 11.9 Å². The smallest absolute Gasteiger partial charge is 0.0728 e. The van der Waals surface area contributed by atoms with Crippen molar-refractivity contribution < 1.29 is 0 Å². The quantitative estimate of drug-likeness (QED) is 0.811. The molecule has 2 unspecified atom stereocenters. The normalized spacial score (nSPS) is 26.0. The van der Waals surface area contributed by atoms with Crippen LogP contribution in [0.3, 0.4) is 0 Å². The fraction of sp³-hybridized carbons (Fsp3) is 0.818. The van der Waals surface area contributed by atoms with Crippen LogP contribution in [0.4, 0.5) is 0 Å². The van der Waals surface area contributed by atoms with E-state index in [2.05, 4.69) is 22.6 Å². The van der Waals surface area contributed by atoms with Gasteiger partial charge in [0.15, 0.2) is 0 Å². The summed E-state index contributed by atoms with van der Waals surface area (Å²) in [5.41, 5.74) is 1.30. The van der Waals surface area contributed by atoms with E-state index in [1.807, 2.05) is 17.9 Å². The van der Waals surface area contributed by atoms with Crippen molar-refractivity contribution >= 4 is 0 Å². The van der Waals surface area contributed by atoms with Crippen LogP contribution in [-0.2, 0) is 7.05 Å². The van der Waals surface area contributed by atoms with Gasteiger partial charge in [-0.15, -0.1) is 5.10 Å². The van der Waals surface area contributed by atoms with E-state index >= 15 is 0 Å². The molecule has 0 saturated heterocycles. The highest BCUT2D eigenvalue weighted by atomic mass is 15.4. The van der Waals surface area contributed by atoms with E-state index in [4.69, 9.17) is 0 Å². The number of nitrogens with zero attached hydrogens (tertiary/aromatic N) is 3. The number of aryl methyl sites for hydroxylation is 1. The average Bonchev–Trinajstić information content (AvgIpc) is 2.82. The number of nitrogens with one attached hydrogen (secondary N) is 1. The lowest BCUT2D eigenvalue weighted by molar-refractivity contribution is 0.432. The molecule has 0 aromatic carbocycles. The highest BCUT2D eigenvalue weighted by Crippen LogP contribution is 2.38. The van der Waals surface area contributed by atoms with Crippen molar-refractivity contribution in [2.75, 3.05) is 13.1 Å². The zero-order valence-corrected chi connectivity index (χ0v) is 9.61. The van der Waals surface area contributed by atoms with E-state index in [0.29, 0.717) is 5.92 Å². The SMILES string of the molecule is CCNCC1CCCC1c1cnnn1C. The van der Waals surface area contributed by atoms with Crippen LogP contribution < -0.4 is 5.32 Å². The number of rotatable bonds is 4. The Morgan fingerprint density at radius 1 is 1.53 bits per heavy atom. The highest BCUT2D eigenvalue weighted by Gasteiger charge is 2.30. The maximum atomic E-state index is 4.02.